The van der Waals surface area contributed by atoms with Crippen molar-refractivity contribution in [3.8, 4) is 0 Å². The molecule has 4 bridgehead atoms. The highest BCUT2D eigenvalue weighted by molar-refractivity contribution is 7.77. The Morgan fingerprint density at radius 1 is 0.429 bits per heavy atom. The summed E-state index contributed by atoms with van der Waals surface area (Å²) in [7, 11) is -2.71. The number of hydrogen-bond donors (Lipinski definition) is 4. The van der Waals surface area contributed by atoms with Gasteiger partial charge < -0.3 is 45.2 Å². The van der Waals surface area contributed by atoms with E-state index in [-0.39, 0.29) is 24.8 Å². The lowest BCUT2D eigenvalue weighted by atomic mass is 9.99. The van der Waals surface area contributed by atoms with Gasteiger partial charge in [-0.15, -0.1) is 0 Å². The van der Waals surface area contributed by atoms with E-state index in [1.165, 1.54) is 77.0 Å². The predicted octanol–water partition coefficient (Wildman–Crippen LogP) is -1.97. The van der Waals surface area contributed by atoms with Crippen molar-refractivity contribution >= 4 is 14.5 Å². The van der Waals surface area contributed by atoms with Crippen molar-refractivity contribution in [1.29, 1.82) is 0 Å². The standard InChI is InChI=1S/2C10H20O2P.2ClH/c11-7-13(8-12)9-3-1-4-10(13)6-2-5-9;11-7-13(8-12)9-3-1-2-4-10(13)6-5-9;;/h2*9-12H,1-8H2;2*1H/q2*+1;;/p-2/t;9-,10+;;. The van der Waals surface area contributed by atoms with Crippen molar-refractivity contribution in [2.45, 2.75) is 99.7 Å². The molecule has 4 aliphatic heterocycles. The maximum atomic E-state index is 9.54. The largest absolute Gasteiger partial charge is 1.00 e. The summed E-state index contributed by atoms with van der Waals surface area (Å²) in [5.74, 6) is 0. The summed E-state index contributed by atoms with van der Waals surface area (Å²) in [6.45, 7) is 0. The van der Waals surface area contributed by atoms with Crippen LogP contribution in [0.2, 0.25) is 0 Å². The molecule has 168 valence electrons. The molecule has 4 saturated heterocycles. The van der Waals surface area contributed by atoms with Crippen LogP contribution in [0.25, 0.3) is 0 Å². The van der Waals surface area contributed by atoms with Crippen LogP contribution in [0, 0.1) is 0 Å². The van der Waals surface area contributed by atoms with E-state index >= 15 is 0 Å². The van der Waals surface area contributed by atoms with Gasteiger partial charge in [0.15, 0.2) is 25.4 Å². The van der Waals surface area contributed by atoms with Gasteiger partial charge in [0.25, 0.3) is 0 Å². The molecule has 8 heteroatoms. The molecule has 0 unspecified atom stereocenters. The molecule has 0 aromatic rings. The van der Waals surface area contributed by atoms with E-state index in [1.54, 1.807) is 0 Å². The Kier molecular flexibility index (Phi) is 12.0. The van der Waals surface area contributed by atoms with Crippen LogP contribution >= 0.6 is 14.5 Å². The molecule has 4 fully saturated rings. The highest BCUT2D eigenvalue weighted by Gasteiger charge is 2.57. The molecule has 28 heavy (non-hydrogen) atoms. The van der Waals surface area contributed by atoms with Crippen LogP contribution in [0.3, 0.4) is 0 Å². The average molecular weight is 477 g/mol. The van der Waals surface area contributed by atoms with Crippen LogP contribution < -0.4 is 24.8 Å². The van der Waals surface area contributed by atoms with Crippen molar-refractivity contribution in [1.82, 2.24) is 0 Å². The SMILES string of the molecule is OC[P+]1(CO)C2CCCC1CCC2.OC[P+]1(CO)[C@@H]2CCCC[C@H]1CC2.[Cl-].[Cl-]. The normalized spacial score (nSPS) is 34.7. The van der Waals surface area contributed by atoms with Crippen LogP contribution in [0.15, 0.2) is 0 Å². The molecule has 4 aliphatic rings. The molecular weight excluding hydrogens is 437 g/mol. The zero-order valence-electron chi connectivity index (χ0n) is 17.1. The molecule has 4 N–H and O–H groups in total. The first-order valence-corrected chi connectivity index (χ1v) is 15.4. The molecule has 0 amide bonds. The molecule has 4 rings (SSSR count). The minimum absolute atomic E-state index is 0. The maximum Gasteiger partial charge on any atom is 0.156 e. The lowest BCUT2D eigenvalue weighted by molar-refractivity contribution is -0.001000. The summed E-state index contributed by atoms with van der Waals surface area (Å²) in [5.41, 5.74) is 2.81. The van der Waals surface area contributed by atoms with Crippen molar-refractivity contribution in [2.24, 2.45) is 0 Å². The summed E-state index contributed by atoms with van der Waals surface area (Å²) >= 11 is 0. The number of halogens is 2. The highest BCUT2D eigenvalue weighted by atomic mass is 35.5. The molecule has 4 heterocycles. The summed E-state index contributed by atoms with van der Waals surface area (Å²) < 4.78 is 0. The fourth-order valence-corrected chi connectivity index (χ4v) is 15.3. The molecule has 0 aromatic carbocycles. The molecule has 2 atom stereocenters. The minimum Gasteiger partial charge on any atom is -1.00 e. The zero-order chi connectivity index (χ0) is 18.6. The number of rotatable bonds is 4. The second-order valence-electron chi connectivity index (χ2n) is 9.11. The fraction of sp³-hybridized carbons (Fsp3) is 1.00. The third kappa shape index (κ3) is 5.02. The smallest absolute Gasteiger partial charge is 0.156 e. The van der Waals surface area contributed by atoms with Gasteiger partial charge in [-0.2, -0.15) is 0 Å². The van der Waals surface area contributed by atoms with Crippen molar-refractivity contribution in [2.75, 3.05) is 25.4 Å². The van der Waals surface area contributed by atoms with Crippen LogP contribution in [-0.4, -0.2) is 68.5 Å². The molecule has 0 radical (unpaired) electrons. The highest BCUT2D eigenvalue weighted by Crippen LogP contribution is 2.75. The first-order valence-electron chi connectivity index (χ1n) is 10.8. The van der Waals surface area contributed by atoms with Gasteiger partial charge in [0, 0.05) is 0 Å². The Morgan fingerprint density at radius 2 is 0.679 bits per heavy atom. The Morgan fingerprint density at radius 3 is 0.964 bits per heavy atom. The Bertz CT molecular complexity index is 388. The third-order valence-corrected chi connectivity index (χ3v) is 18.3. The van der Waals surface area contributed by atoms with E-state index in [0.717, 1.165) is 0 Å². The summed E-state index contributed by atoms with van der Waals surface area (Å²) in [5, 5.41) is 38.1. The quantitative estimate of drug-likeness (QED) is 0.354. The predicted molar refractivity (Wildman–Crippen MR) is 113 cm³/mol. The zero-order valence-corrected chi connectivity index (χ0v) is 20.4. The van der Waals surface area contributed by atoms with E-state index in [9.17, 15) is 20.4 Å². The first-order chi connectivity index (χ1) is 12.7. The summed E-state index contributed by atoms with van der Waals surface area (Å²) in [4.78, 5) is 0. The van der Waals surface area contributed by atoms with Gasteiger partial charge in [-0.25, -0.2) is 0 Å². The summed E-state index contributed by atoms with van der Waals surface area (Å²) in [6.07, 6.45) is 16.7. The lowest BCUT2D eigenvalue weighted by Crippen LogP contribution is -3.00. The third-order valence-electron chi connectivity index (χ3n) is 8.27. The maximum absolute atomic E-state index is 9.54. The Balaban J connectivity index is 0.000000261. The van der Waals surface area contributed by atoms with Gasteiger partial charge in [0.05, 0.1) is 37.2 Å². The van der Waals surface area contributed by atoms with Crippen LogP contribution in [0.4, 0.5) is 0 Å². The minimum atomic E-state index is -1.36. The van der Waals surface area contributed by atoms with Gasteiger partial charge in [0.2, 0.25) is 0 Å². The van der Waals surface area contributed by atoms with Crippen molar-refractivity contribution in [3.63, 3.8) is 0 Å². The van der Waals surface area contributed by atoms with E-state index in [4.69, 9.17) is 0 Å². The van der Waals surface area contributed by atoms with Crippen LogP contribution in [-0.2, 0) is 0 Å². The molecular formula is C20H40Cl2O4P2. The molecule has 0 aromatic heterocycles. The second kappa shape index (κ2) is 12.4. The lowest BCUT2D eigenvalue weighted by Gasteiger charge is -2.44. The Labute approximate surface area is 184 Å². The number of hydrogen-bond acceptors (Lipinski definition) is 4. The molecule has 0 spiro atoms. The number of fused-ring (bicyclic) bond motifs is 4. The van der Waals surface area contributed by atoms with Gasteiger partial charge >= 0.3 is 0 Å². The molecule has 0 aliphatic carbocycles. The van der Waals surface area contributed by atoms with E-state index in [1.807, 2.05) is 0 Å². The van der Waals surface area contributed by atoms with Crippen molar-refractivity contribution < 1.29 is 45.2 Å². The summed E-state index contributed by atoms with van der Waals surface area (Å²) in [6, 6.07) is 0. The average Bonchev–Trinajstić information content (AvgIpc) is 2.89. The van der Waals surface area contributed by atoms with Crippen molar-refractivity contribution in [3.05, 3.63) is 0 Å². The Hall–Kier alpha value is 1.28. The van der Waals surface area contributed by atoms with Gasteiger partial charge in [-0.05, 0) is 77.0 Å². The molecule has 0 saturated carbocycles. The van der Waals surface area contributed by atoms with Gasteiger partial charge in [0.1, 0.15) is 0 Å². The fourth-order valence-electron chi connectivity index (χ4n) is 6.57. The van der Waals surface area contributed by atoms with E-state index in [2.05, 4.69) is 0 Å². The van der Waals surface area contributed by atoms with Crippen LogP contribution in [0.5, 0.6) is 0 Å². The second-order valence-corrected chi connectivity index (χ2v) is 17.6. The van der Waals surface area contributed by atoms with Gasteiger partial charge in [-0.3, -0.25) is 0 Å². The number of aliphatic hydroxyl groups is 4. The van der Waals surface area contributed by atoms with Crippen LogP contribution in [0.1, 0.15) is 77.0 Å². The topological polar surface area (TPSA) is 80.9 Å². The van der Waals surface area contributed by atoms with E-state index < -0.39 is 14.5 Å². The van der Waals surface area contributed by atoms with Gasteiger partial charge in [-0.1, -0.05) is 0 Å². The molecule has 4 nitrogen and oxygen atoms in total. The first kappa shape index (κ1) is 27.3. The monoisotopic (exact) mass is 476 g/mol. The number of aliphatic hydroxyl groups excluding tert-OH is 4. The van der Waals surface area contributed by atoms with E-state index in [0.29, 0.717) is 48.0 Å².